The third-order valence-corrected chi connectivity index (χ3v) is 9.55. The van der Waals surface area contributed by atoms with Crippen molar-refractivity contribution in [3.63, 3.8) is 0 Å². The molecule has 354 valence electrons. The van der Waals surface area contributed by atoms with E-state index in [9.17, 15) is 14.4 Å². The van der Waals surface area contributed by atoms with Gasteiger partial charge < -0.3 is 14.2 Å². The second kappa shape index (κ2) is 50.7. The molecule has 0 aliphatic carbocycles. The second-order valence-electron chi connectivity index (χ2n) is 15.6. The molecule has 0 spiro atoms. The molecule has 0 aliphatic heterocycles. The number of ether oxygens (including phenoxy) is 3. The van der Waals surface area contributed by atoms with E-state index in [4.69, 9.17) is 14.2 Å². The van der Waals surface area contributed by atoms with Gasteiger partial charge >= 0.3 is 17.9 Å². The smallest absolute Gasteiger partial charge is 0.306 e. The molecule has 6 heteroatoms. The summed E-state index contributed by atoms with van der Waals surface area (Å²) in [7, 11) is 0. The molecule has 0 saturated carbocycles. The average Bonchev–Trinajstić information content (AvgIpc) is 3.29. The standard InChI is InChI=1S/C58H86O6/c1-4-7-10-13-16-19-22-25-27-28-29-31-33-36-39-42-45-48-51-57(60)63-54-55(53-62-56(59)50-47-44-41-38-35-32-24-21-18-15-12-9-6-3)64-58(61)52-49-46-43-40-37-34-30-26-23-20-17-14-11-8-5-2/h8-32,35,55H,4-7,33-34,36-54H2,1-3H3/b11-8-,12-9-,13-10-,17-14-,18-15-,19-16-,23-20-,24-21-,25-22-,28-27-,30-26-,31-29-,35-32-. The first kappa shape index (κ1) is 59.0. The lowest BCUT2D eigenvalue weighted by Crippen LogP contribution is -2.30. The molecule has 1 atom stereocenters. The van der Waals surface area contributed by atoms with Crippen LogP contribution in [0.25, 0.3) is 0 Å². The maximum Gasteiger partial charge on any atom is 0.306 e. The molecule has 1 unspecified atom stereocenters. The van der Waals surface area contributed by atoms with Gasteiger partial charge in [-0.15, -0.1) is 0 Å². The molecule has 0 aliphatic rings. The first-order valence-corrected chi connectivity index (χ1v) is 24.7. The van der Waals surface area contributed by atoms with E-state index in [1.807, 2.05) is 97.2 Å². The summed E-state index contributed by atoms with van der Waals surface area (Å²) in [6.07, 6.45) is 73.6. The van der Waals surface area contributed by atoms with Crippen LogP contribution in [0, 0.1) is 0 Å². The zero-order valence-electron chi connectivity index (χ0n) is 40.2. The zero-order chi connectivity index (χ0) is 46.5. The van der Waals surface area contributed by atoms with Crippen molar-refractivity contribution in [2.24, 2.45) is 0 Å². The fourth-order valence-corrected chi connectivity index (χ4v) is 5.90. The van der Waals surface area contributed by atoms with Gasteiger partial charge in [0.25, 0.3) is 0 Å². The molecule has 0 heterocycles. The highest BCUT2D eigenvalue weighted by molar-refractivity contribution is 5.71. The second-order valence-corrected chi connectivity index (χ2v) is 15.6. The average molecular weight is 879 g/mol. The van der Waals surface area contributed by atoms with E-state index >= 15 is 0 Å². The van der Waals surface area contributed by atoms with Crippen LogP contribution in [-0.2, 0) is 28.6 Å². The molecule has 0 radical (unpaired) electrons. The number of carbonyl (C=O) groups excluding carboxylic acids is 3. The highest BCUT2D eigenvalue weighted by atomic mass is 16.6. The molecule has 6 nitrogen and oxygen atoms in total. The van der Waals surface area contributed by atoms with Gasteiger partial charge in [-0.1, -0.05) is 230 Å². The van der Waals surface area contributed by atoms with E-state index in [1.165, 1.54) is 6.42 Å². The van der Waals surface area contributed by atoms with E-state index in [2.05, 4.69) is 81.5 Å². The molecule has 0 aromatic carbocycles. The summed E-state index contributed by atoms with van der Waals surface area (Å²) >= 11 is 0. The lowest BCUT2D eigenvalue weighted by atomic mass is 10.1. The third kappa shape index (κ3) is 48.1. The lowest BCUT2D eigenvalue weighted by Gasteiger charge is -2.18. The van der Waals surface area contributed by atoms with Crippen molar-refractivity contribution in [3.05, 3.63) is 158 Å². The van der Waals surface area contributed by atoms with Gasteiger partial charge in [0.2, 0.25) is 0 Å². The van der Waals surface area contributed by atoms with Crippen LogP contribution in [0.1, 0.15) is 168 Å². The number of hydrogen-bond donors (Lipinski definition) is 0. The molecular weight excluding hydrogens is 793 g/mol. The van der Waals surface area contributed by atoms with Crippen LogP contribution in [-0.4, -0.2) is 37.2 Å². The minimum atomic E-state index is -0.825. The van der Waals surface area contributed by atoms with E-state index in [-0.39, 0.29) is 37.5 Å². The Morgan fingerprint density at radius 2 is 0.609 bits per heavy atom. The number of rotatable bonds is 41. The minimum absolute atomic E-state index is 0.123. The van der Waals surface area contributed by atoms with E-state index < -0.39 is 6.10 Å². The van der Waals surface area contributed by atoms with Gasteiger partial charge in [0.05, 0.1) is 0 Å². The number of unbranched alkanes of at least 4 members (excludes halogenated alkanes) is 14. The van der Waals surface area contributed by atoms with Crippen molar-refractivity contribution in [3.8, 4) is 0 Å². The van der Waals surface area contributed by atoms with Crippen molar-refractivity contribution in [2.75, 3.05) is 13.2 Å². The molecule has 0 aromatic heterocycles. The molecule has 0 fully saturated rings. The molecule has 0 saturated heterocycles. The summed E-state index contributed by atoms with van der Waals surface area (Å²) in [4.78, 5) is 37.9. The Hall–Kier alpha value is -4.97. The lowest BCUT2D eigenvalue weighted by molar-refractivity contribution is -0.167. The van der Waals surface area contributed by atoms with Gasteiger partial charge in [0.15, 0.2) is 6.10 Å². The SMILES string of the molecule is CC\C=C/C=C\C=C/C=C\CCCCCCCC(=O)OC(COC(=O)CCCCC\C=C/C=C\C=C/C=C\CC)COC(=O)CCCCCCC\C=C/C=C\C=C/C=C\C=C/CCC. The Morgan fingerprint density at radius 3 is 0.969 bits per heavy atom. The minimum Gasteiger partial charge on any atom is -0.462 e. The predicted octanol–water partition coefficient (Wildman–Crippen LogP) is 16.2. The van der Waals surface area contributed by atoms with Crippen LogP contribution < -0.4 is 0 Å². The van der Waals surface area contributed by atoms with Gasteiger partial charge in [-0.25, -0.2) is 0 Å². The van der Waals surface area contributed by atoms with Crippen LogP contribution in [0.5, 0.6) is 0 Å². The van der Waals surface area contributed by atoms with Crippen LogP contribution in [0.15, 0.2) is 158 Å². The molecule has 0 amide bonds. The summed E-state index contributed by atoms with van der Waals surface area (Å²) in [5.74, 6) is -1.03. The van der Waals surface area contributed by atoms with Gasteiger partial charge in [-0.05, 0) is 77.0 Å². The number of carbonyl (C=O) groups is 3. The van der Waals surface area contributed by atoms with Crippen LogP contribution in [0.3, 0.4) is 0 Å². The van der Waals surface area contributed by atoms with Gasteiger partial charge in [-0.3, -0.25) is 14.4 Å². The van der Waals surface area contributed by atoms with Crippen molar-refractivity contribution in [2.45, 2.75) is 175 Å². The zero-order valence-corrected chi connectivity index (χ0v) is 40.2. The highest BCUT2D eigenvalue weighted by Gasteiger charge is 2.19. The largest absolute Gasteiger partial charge is 0.462 e. The Bertz CT molecular complexity index is 1520. The van der Waals surface area contributed by atoms with E-state index in [0.29, 0.717) is 12.8 Å². The Morgan fingerprint density at radius 1 is 0.328 bits per heavy atom. The van der Waals surface area contributed by atoms with Crippen LogP contribution in [0.4, 0.5) is 0 Å². The summed E-state index contributed by atoms with van der Waals surface area (Å²) in [6, 6.07) is 0. The topological polar surface area (TPSA) is 78.9 Å². The summed E-state index contributed by atoms with van der Waals surface area (Å²) in [5, 5.41) is 0. The monoisotopic (exact) mass is 879 g/mol. The maximum atomic E-state index is 12.8. The van der Waals surface area contributed by atoms with Crippen molar-refractivity contribution in [1.29, 1.82) is 0 Å². The molecule has 0 aromatic rings. The van der Waals surface area contributed by atoms with E-state index in [1.54, 1.807) is 0 Å². The quantitative estimate of drug-likeness (QED) is 0.0263. The molecular formula is C58H86O6. The Balaban J connectivity index is 4.58. The molecule has 0 N–H and O–H groups in total. The Kier molecular flexibility index (Phi) is 46.7. The first-order valence-electron chi connectivity index (χ1n) is 24.7. The summed E-state index contributed by atoms with van der Waals surface area (Å²) in [5.41, 5.74) is 0. The maximum absolute atomic E-state index is 12.8. The molecule has 64 heavy (non-hydrogen) atoms. The predicted molar refractivity (Wildman–Crippen MR) is 274 cm³/mol. The van der Waals surface area contributed by atoms with Crippen molar-refractivity contribution < 1.29 is 28.6 Å². The Labute approximate surface area is 390 Å². The van der Waals surface area contributed by atoms with Crippen LogP contribution >= 0.6 is 0 Å². The van der Waals surface area contributed by atoms with Gasteiger partial charge in [0.1, 0.15) is 13.2 Å². The van der Waals surface area contributed by atoms with Gasteiger partial charge in [0, 0.05) is 19.3 Å². The van der Waals surface area contributed by atoms with Crippen molar-refractivity contribution >= 4 is 17.9 Å². The number of allylic oxidation sites excluding steroid dienone is 26. The number of esters is 3. The first-order chi connectivity index (χ1) is 31.5. The summed E-state index contributed by atoms with van der Waals surface area (Å²) < 4.78 is 16.7. The third-order valence-electron chi connectivity index (χ3n) is 9.55. The van der Waals surface area contributed by atoms with Gasteiger partial charge in [-0.2, -0.15) is 0 Å². The van der Waals surface area contributed by atoms with Crippen LogP contribution in [0.2, 0.25) is 0 Å². The normalized spacial score (nSPS) is 13.5. The fourth-order valence-electron chi connectivity index (χ4n) is 5.90. The number of hydrogen-bond acceptors (Lipinski definition) is 6. The molecule has 0 bridgehead atoms. The van der Waals surface area contributed by atoms with E-state index in [0.717, 1.165) is 122 Å². The molecule has 0 rings (SSSR count). The van der Waals surface area contributed by atoms with Crippen molar-refractivity contribution in [1.82, 2.24) is 0 Å². The summed E-state index contributed by atoms with van der Waals surface area (Å²) in [6.45, 7) is 6.15. The fraction of sp³-hybridized carbons (Fsp3) is 0.500. The highest BCUT2D eigenvalue weighted by Crippen LogP contribution is 2.12.